The number of nitrogens with zero attached hydrogens (tertiary/aromatic N) is 2. The summed E-state index contributed by atoms with van der Waals surface area (Å²) in [7, 11) is 5.08. The number of aliphatic hydroxyl groups is 1. The number of nitrogens with one attached hydrogen (secondary N) is 2. The molecule has 1 aromatic carbocycles. The van der Waals surface area contributed by atoms with Crippen molar-refractivity contribution in [1.82, 2.24) is 20.4 Å². The van der Waals surface area contributed by atoms with Crippen molar-refractivity contribution < 1.29 is 33.8 Å². The number of ether oxygens (including phenoxy) is 2. The van der Waals surface area contributed by atoms with Crippen molar-refractivity contribution in [2.75, 3.05) is 41.0 Å². The smallest absolute Gasteiger partial charge is 0.225 e. The zero-order chi connectivity index (χ0) is 41.1. The van der Waals surface area contributed by atoms with Gasteiger partial charge >= 0.3 is 0 Å². The Morgan fingerprint density at radius 3 is 2.34 bits per heavy atom. The molecule has 56 heavy (non-hydrogen) atoms. The van der Waals surface area contributed by atoms with Gasteiger partial charge in [0.05, 0.1) is 49.3 Å². The Morgan fingerprint density at radius 2 is 1.73 bits per heavy atom. The van der Waals surface area contributed by atoms with E-state index in [2.05, 4.69) is 38.3 Å². The molecular weight excluding hydrogens is 709 g/mol. The monoisotopic (exact) mass is 783 g/mol. The molecule has 2 heterocycles. The van der Waals surface area contributed by atoms with Gasteiger partial charge in [-0.05, 0) is 75.2 Å². The van der Waals surface area contributed by atoms with Gasteiger partial charge in [0.25, 0.3) is 0 Å². The van der Waals surface area contributed by atoms with Crippen LogP contribution in [0.5, 0.6) is 0 Å². The normalized spacial score (nSPS) is 24.6. The van der Waals surface area contributed by atoms with Crippen LogP contribution in [0.1, 0.15) is 110 Å². The van der Waals surface area contributed by atoms with Crippen LogP contribution in [0, 0.1) is 42.4 Å². The number of methoxy groups -OCH3 is 2. The van der Waals surface area contributed by atoms with Gasteiger partial charge in [-0.15, -0.1) is 0 Å². The van der Waals surface area contributed by atoms with Gasteiger partial charge in [0, 0.05) is 58.7 Å². The van der Waals surface area contributed by atoms with Crippen LogP contribution in [0.2, 0.25) is 0 Å². The fourth-order valence-electron chi connectivity index (χ4n) is 9.77. The van der Waals surface area contributed by atoms with Crippen LogP contribution in [0.3, 0.4) is 0 Å². The minimum atomic E-state index is -0.561. The lowest BCUT2D eigenvalue weighted by molar-refractivity contribution is -0.143. The molecule has 3 N–H and O–H groups in total. The zero-order valence-electron chi connectivity index (χ0n) is 35.9. The third-order valence-corrected chi connectivity index (χ3v) is 13.5. The van der Waals surface area contributed by atoms with Crippen molar-refractivity contribution in [1.29, 1.82) is 0 Å². The summed E-state index contributed by atoms with van der Waals surface area (Å²) in [5.74, 6) is -0.205. The molecule has 4 rings (SSSR count). The van der Waals surface area contributed by atoms with Gasteiger partial charge in [0.2, 0.25) is 17.7 Å². The van der Waals surface area contributed by atoms with Crippen molar-refractivity contribution in [3.05, 3.63) is 35.4 Å². The Labute approximate surface area is 337 Å². The summed E-state index contributed by atoms with van der Waals surface area (Å²) in [6.07, 6.45) is 7.57. The van der Waals surface area contributed by atoms with Crippen molar-refractivity contribution >= 4 is 23.5 Å². The van der Waals surface area contributed by atoms with E-state index in [1.807, 2.05) is 55.0 Å². The summed E-state index contributed by atoms with van der Waals surface area (Å²) in [4.78, 5) is 58.8. The predicted molar refractivity (Wildman–Crippen MR) is 220 cm³/mol. The number of benzene rings is 1. The van der Waals surface area contributed by atoms with Gasteiger partial charge < -0.3 is 35.0 Å². The number of amides is 3. The Morgan fingerprint density at radius 1 is 1.02 bits per heavy atom. The maximum absolute atomic E-state index is 14.2. The third-order valence-electron chi connectivity index (χ3n) is 13.5. The number of rotatable bonds is 22. The highest BCUT2D eigenvalue weighted by atomic mass is 16.5. The summed E-state index contributed by atoms with van der Waals surface area (Å²) >= 11 is 0. The van der Waals surface area contributed by atoms with Crippen molar-refractivity contribution in [2.45, 2.75) is 149 Å². The predicted octanol–water partition coefficient (Wildman–Crippen LogP) is 5.33. The van der Waals surface area contributed by atoms with Crippen LogP contribution >= 0.6 is 0 Å². The first-order valence-corrected chi connectivity index (χ1v) is 21.6. The molecule has 3 amide bonds. The van der Waals surface area contributed by atoms with Gasteiger partial charge in [-0.3, -0.25) is 19.2 Å². The van der Waals surface area contributed by atoms with Crippen LogP contribution in [0.25, 0.3) is 0 Å². The second-order valence-corrected chi connectivity index (χ2v) is 17.7. The van der Waals surface area contributed by atoms with Gasteiger partial charge in [0.15, 0.2) is 0 Å². The first-order valence-electron chi connectivity index (χ1n) is 21.6. The zero-order valence-corrected chi connectivity index (χ0v) is 35.9. The largest absolute Gasteiger partial charge is 0.394 e. The summed E-state index contributed by atoms with van der Waals surface area (Å²) < 4.78 is 12.1. The Hall–Kier alpha value is -2.86. The Bertz CT molecular complexity index is 1420. The average Bonchev–Trinajstić information content (AvgIpc) is 3.79. The van der Waals surface area contributed by atoms with Crippen molar-refractivity contribution in [3.63, 3.8) is 0 Å². The number of ketones is 1. The molecule has 0 aromatic heterocycles. The maximum Gasteiger partial charge on any atom is 0.225 e. The molecule has 3 fully saturated rings. The van der Waals surface area contributed by atoms with Crippen LogP contribution in [0.15, 0.2) is 24.3 Å². The van der Waals surface area contributed by atoms with Gasteiger partial charge in [-0.2, -0.15) is 0 Å². The van der Waals surface area contributed by atoms with Crippen LogP contribution in [-0.4, -0.2) is 116 Å². The molecule has 1 aliphatic carbocycles. The first kappa shape index (κ1) is 45.8. The number of likely N-dealkylation sites (tertiary alicyclic amines) is 1. The van der Waals surface area contributed by atoms with E-state index in [1.165, 1.54) is 6.42 Å². The number of Topliss-reactive ketones (excluding diaryl/α,β-unsaturated/α-hetero) is 1. The van der Waals surface area contributed by atoms with E-state index < -0.39 is 24.2 Å². The molecule has 0 radical (unpaired) electrons. The minimum Gasteiger partial charge on any atom is -0.394 e. The number of hydrogen-bond acceptors (Lipinski definition) is 8. The highest BCUT2D eigenvalue weighted by molar-refractivity contribution is 5.86. The average molecular weight is 783 g/mol. The lowest BCUT2D eigenvalue weighted by Gasteiger charge is -2.37. The number of carbonyl (C=O) groups excluding carboxylic acids is 4. The molecule has 1 saturated carbocycles. The van der Waals surface area contributed by atoms with E-state index in [9.17, 15) is 24.3 Å². The van der Waals surface area contributed by atoms with E-state index in [1.54, 1.807) is 14.2 Å². The molecule has 1 aromatic rings. The Kier molecular flexibility index (Phi) is 17.8. The number of hydrogen-bond donors (Lipinski definition) is 3. The molecule has 2 aliphatic heterocycles. The number of aryl methyl sites for hydroxylation is 1. The van der Waals surface area contributed by atoms with E-state index in [-0.39, 0.29) is 72.3 Å². The maximum atomic E-state index is 14.2. The summed E-state index contributed by atoms with van der Waals surface area (Å²) in [5.41, 5.74) is 2.18. The molecular formula is C45H74N4O7. The highest BCUT2D eigenvalue weighted by Crippen LogP contribution is 2.35. The van der Waals surface area contributed by atoms with E-state index in [0.717, 1.165) is 49.7 Å². The standard InChI is InChI=1S/C45H74N4O7/c1-10-30(5)37(26-48(7)45(54)36(28(2)3)20-21-39(51)42-33-13-11-14-34(24-33)46-42)40(55-8)25-41(52)49-22-12-15-38(49)43(56-9)31(6)44(53)47-35(27-50)23-32-18-16-29(4)17-19-32/h16-19,28,30-31,33-38,40,42-43,46,50H,10-15,20-27H2,1-9H3,(H,47,53). The van der Waals surface area contributed by atoms with Crippen molar-refractivity contribution in [2.24, 2.45) is 35.5 Å². The molecule has 11 unspecified atom stereocenters. The second kappa shape index (κ2) is 21.8. The third kappa shape index (κ3) is 11.9. The topological polar surface area (TPSA) is 138 Å². The molecule has 316 valence electrons. The van der Waals surface area contributed by atoms with E-state index >= 15 is 0 Å². The van der Waals surface area contributed by atoms with Crippen LogP contribution in [0.4, 0.5) is 0 Å². The number of aliphatic hydroxyl groups excluding tert-OH is 1. The lowest BCUT2D eigenvalue weighted by Crippen LogP contribution is -2.52. The molecule has 3 aliphatic rings. The Balaban J connectivity index is 1.38. The molecule has 0 spiro atoms. The fraction of sp³-hybridized carbons (Fsp3) is 0.778. The van der Waals surface area contributed by atoms with Crippen molar-refractivity contribution in [3.8, 4) is 0 Å². The van der Waals surface area contributed by atoms with Crippen LogP contribution in [-0.2, 0) is 35.1 Å². The van der Waals surface area contributed by atoms with Crippen LogP contribution < -0.4 is 10.6 Å². The molecule has 11 nitrogen and oxygen atoms in total. The van der Waals surface area contributed by atoms with Gasteiger partial charge in [-0.25, -0.2) is 0 Å². The summed E-state index contributed by atoms with van der Waals surface area (Å²) in [6, 6.07) is 7.72. The molecule has 2 bridgehead atoms. The fourth-order valence-corrected chi connectivity index (χ4v) is 9.77. The molecule has 11 atom stereocenters. The van der Waals surface area contributed by atoms with E-state index in [0.29, 0.717) is 44.3 Å². The summed E-state index contributed by atoms with van der Waals surface area (Å²) in [5, 5.41) is 16.7. The highest BCUT2D eigenvalue weighted by Gasteiger charge is 2.43. The molecule has 2 saturated heterocycles. The first-order chi connectivity index (χ1) is 26.7. The summed E-state index contributed by atoms with van der Waals surface area (Å²) in [6.45, 7) is 13.1. The minimum absolute atomic E-state index is 0.0394. The van der Waals surface area contributed by atoms with Gasteiger partial charge in [0.1, 0.15) is 5.78 Å². The number of fused-ring (bicyclic) bond motifs is 2. The second-order valence-electron chi connectivity index (χ2n) is 17.7. The quantitative estimate of drug-likeness (QED) is 0.144. The molecule has 11 heteroatoms. The number of carbonyl (C=O) groups is 4. The lowest BCUT2D eigenvalue weighted by atomic mass is 9.82. The van der Waals surface area contributed by atoms with E-state index in [4.69, 9.17) is 9.47 Å². The SMILES string of the molecule is CCC(C)C(CN(C)C(=O)C(CCC(=O)C1NC2CCCC1C2)C(C)C)C(CC(=O)N1CCCC1C(OC)C(C)C(=O)NC(CO)Cc1ccc(C)cc1)OC. The van der Waals surface area contributed by atoms with Gasteiger partial charge in [-0.1, -0.05) is 77.3 Å².